The van der Waals surface area contributed by atoms with Crippen molar-refractivity contribution in [3.63, 3.8) is 0 Å². The van der Waals surface area contributed by atoms with Gasteiger partial charge >= 0.3 is 0 Å². The molecule has 0 bridgehead atoms. The lowest BCUT2D eigenvalue weighted by Gasteiger charge is -2.09. The average Bonchev–Trinajstić information content (AvgIpc) is 2.41. The van der Waals surface area contributed by atoms with Gasteiger partial charge in [0.1, 0.15) is 11.6 Å². The summed E-state index contributed by atoms with van der Waals surface area (Å²) in [4.78, 5) is 0. The number of methoxy groups -OCH3 is 1. The molecule has 18 heavy (non-hydrogen) atoms. The molecule has 0 aliphatic carbocycles. The SMILES string of the molecule is COc1ccc(-c2ccc(Cl)c(F)c2)cc1CN. The van der Waals surface area contributed by atoms with Crippen LogP contribution in [-0.2, 0) is 6.54 Å². The molecule has 4 heteroatoms. The topological polar surface area (TPSA) is 35.2 Å². The number of hydrogen-bond donors (Lipinski definition) is 1. The van der Waals surface area contributed by atoms with Crippen molar-refractivity contribution in [1.29, 1.82) is 0 Å². The number of rotatable bonds is 3. The lowest BCUT2D eigenvalue weighted by Crippen LogP contribution is -2.00. The van der Waals surface area contributed by atoms with E-state index in [1.807, 2.05) is 18.2 Å². The highest BCUT2D eigenvalue weighted by molar-refractivity contribution is 6.30. The van der Waals surface area contributed by atoms with Crippen LogP contribution >= 0.6 is 11.6 Å². The van der Waals surface area contributed by atoms with Gasteiger partial charge in [-0.05, 0) is 35.4 Å². The maximum atomic E-state index is 13.4. The maximum Gasteiger partial charge on any atom is 0.142 e. The molecule has 0 unspecified atom stereocenters. The van der Waals surface area contributed by atoms with E-state index in [9.17, 15) is 4.39 Å². The molecule has 0 heterocycles. The lowest BCUT2D eigenvalue weighted by atomic mass is 10.0. The molecule has 2 aromatic carbocycles. The summed E-state index contributed by atoms with van der Waals surface area (Å²) in [6.07, 6.45) is 0. The van der Waals surface area contributed by atoms with E-state index in [4.69, 9.17) is 22.1 Å². The first-order valence-corrected chi connectivity index (χ1v) is 5.86. The molecule has 0 aliphatic heterocycles. The van der Waals surface area contributed by atoms with Gasteiger partial charge in [-0.2, -0.15) is 0 Å². The van der Waals surface area contributed by atoms with E-state index in [2.05, 4.69) is 0 Å². The molecule has 0 saturated heterocycles. The van der Waals surface area contributed by atoms with Crippen LogP contribution in [0.25, 0.3) is 11.1 Å². The molecule has 2 rings (SSSR count). The molecule has 0 amide bonds. The Kier molecular flexibility index (Phi) is 3.84. The van der Waals surface area contributed by atoms with Crippen LogP contribution in [0.4, 0.5) is 4.39 Å². The minimum absolute atomic E-state index is 0.117. The van der Waals surface area contributed by atoms with Crippen LogP contribution in [0.3, 0.4) is 0 Å². The number of benzene rings is 2. The predicted molar refractivity (Wildman–Crippen MR) is 71.3 cm³/mol. The highest BCUT2D eigenvalue weighted by Crippen LogP contribution is 2.28. The summed E-state index contributed by atoms with van der Waals surface area (Å²) in [5, 5.41) is 0.117. The monoisotopic (exact) mass is 265 g/mol. The van der Waals surface area contributed by atoms with Gasteiger partial charge in [-0.3, -0.25) is 0 Å². The molecule has 0 fully saturated rings. The van der Waals surface area contributed by atoms with Crippen molar-refractivity contribution in [1.82, 2.24) is 0 Å². The second-order valence-corrected chi connectivity index (χ2v) is 4.27. The van der Waals surface area contributed by atoms with Crippen molar-refractivity contribution in [3.8, 4) is 16.9 Å². The molecule has 0 atom stereocenters. The summed E-state index contributed by atoms with van der Waals surface area (Å²) in [5.74, 6) is 0.301. The van der Waals surface area contributed by atoms with Crippen molar-refractivity contribution in [2.75, 3.05) is 7.11 Å². The van der Waals surface area contributed by atoms with Gasteiger partial charge in [-0.1, -0.05) is 23.7 Å². The zero-order valence-electron chi connectivity index (χ0n) is 9.91. The van der Waals surface area contributed by atoms with Crippen LogP contribution in [0.2, 0.25) is 5.02 Å². The van der Waals surface area contributed by atoms with Gasteiger partial charge in [-0.15, -0.1) is 0 Å². The van der Waals surface area contributed by atoms with Gasteiger partial charge in [0.25, 0.3) is 0 Å². The Morgan fingerprint density at radius 1 is 1.17 bits per heavy atom. The van der Waals surface area contributed by atoms with Crippen LogP contribution in [-0.4, -0.2) is 7.11 Å². The molecular weight excluding hydrogens is 253 g/mol. The molecule has 2 N–H and O–H groups in total. The van der Waals surface area contributed by atoms with Crippen molar-refractivity contribution in [3.05, 3.63) is 52.8 Å². The normalized spacial score (nSPS) is 10.4. The Morgan fingerprint density at radius 3 is 2.44 bits per heavy atom. The third-order valence-corrected chi connectivity index (χ3v) is 3.06. The first-order valence-electron chi connectivity index (χ1n) is 5.48. The van der Waals surface area contributed by atoms with Gasteiger partial charge in [0.15, 0.2) is 0 Å². The second kappa shape index (κ2) is 5.38. The minimum Gasteiger partial charge on any atom is -0.496 e. The Labute approximate surface area is 110 Å². The molecule has 0 spiro atoms. The van der Waals surface area contributed by atoms with E-state index in [0.717, 1.165) is 22.4 Å². The molecule has 0 saturated carbocycles. The zero-order chi connectivity index (χ0) is 13.1. The predicted octanol–water partition coefficient (Wildman–Crippen LogP) is 3.61. The van der Waals surface area contributed by atoms with Gasteiger partial charge < -0.3 is 10.5 Å². The van der Waals surface area contributed by atoms with Gasteiger partial charge in [0.05, 0.1) is 12.1 Å². The van der Waals surface area contributed by atoms with Crippen LogP contribution < -0.4 is 10.5 Å². The molecule has 0 aliphatic rings. The van der Waals surface area contributed by atoms with E-state index in [-0.39, 0.29) is 5.02 Å². The average molecular weight is 266 g/mol. The summed E-state index contributed by atoms with van der Waals surface area (Å²) in [6, 6.07) is 10.3. The summed E-state index contributed by atoms with van der Waals surface area (Å²) < 4.78 is 18.6. The van der Waals surface area contributed by atoms with E-state index in [1.165, 1.54) is 6.07 Å². The molecule has 2 nitrogen and oxygen atoms in total. The summed E-state index contributed by atoms with van der Waals surface area (Å²) in [6.45, 7) is 0.368. The van der Waals surface area contributed by atoms with Crippen LogP contribution in [0, 0.1) is 5.82 Å². The van der Waals surface area contributed by atoms with E-state index < -0.39 is 5.82 Å². The molecular formula is C14H13ClFNO. The van der Waals surface area contributed by atoms with Crippen molar-refractivity contribution in [2.45, 2.75) is 6.54 Å². The Morgan fingerprint density at radius 2 is 1.83 bits per heavy atom. The highest BCUT2D eigenvalue weighted by atomic mass is 35.5. The van der Waals surface area contributed by atoms with Gasteiger partial charge in [0.2, 0.25) is 0 Å². The minimum atomic E-state index is -0.431. The molecule has 2 aromatic rings. The Hall–Kier alpha value is -1.58. The van der Waals surface area contributed by atoms with Gasteiger partial charge in [0, 0.05) is 12.1 Å². The van der Waals surface area contributed by atoms with E-state index in [1.54, 1.807) is 19.2 Å². The first kappa shape index (κ1) is 12.9. The molecule has 0 radical (unpaired) electrons. The zero-order valence-corrected chi connectivity index (χ0v) is 10.7. The number of nitrogens with two attached hydrogens (primary N) is 1. The fourth-order valence-electron chi connectivity index (χ4n) is 1.79. The van der Waals surface area contributed by atoms with E-state index >= 15 is 0 Å². The quantitative estimate of drug-likeness (QED) is 0.920. The third-order valence-electron chi connectivity index (χ3n) is 2.75. The highest BCUT2D eigenvalue weighted by Gasteiger charge is 2.07. The third kappa shape index (κ3) is 2.47. The van der Waals surface area contributed by atoms with Gasteiger partial charge in [-0.25, -0.2) is 4.39 Å². The number of hydrogen-bond acceptors (Lipinski definition) is 2. The molecule has 0 aromatic heterocycles. The Bertz CT molecular complexity index is 572. The first-order chi connectivity index (χ1) is 8.65. The smallest absolute Gasteiger partial charge is 0.142 e. The second-order valence-electron chi connectivity index (χ2n) is 3.86. The molecule has 94 valence electrons. The van der Waals surface area contributed by atoms with Crippen LogP contribution in [0.15, 0.2) is 36.4 Å². The maximum absolute atomic E-state index is 13.4. The standard InChI is InChI=1S/C14H13ClFNO/c1-18-14-5-3-9(6-11(14)8-17)10-2-4-12(15)13(16)7-10/h2-7H,8,17H2,1H3. The summed E-state index contributed by atoms with van der Waals surface area (Å²) in [7, 11) is 1.59. The van der Waals surface area contributed by atoms with Crippen molar-refractivity contribution >= 4 is 11.6 Å². The number of halogens is 2. The lowest BCUT2D eigenvalue weighted by molar-refractivity contribution is 0.410. The number of ether oxygens (including phenoxy) is 1. The van der Waals surface area contributed by atoms with Crippen LogP contribution in [0.5, 0.6) is 5.75 Å². The summed E-state index contributed by atoms with van der Waals surface area (Å²) >= 11 is 5.66. The Balaban J connectivity index is 2.47. The van der Waals surface area contributed by atoms with Crippen molar-refractivity contribution < 1.29 is 9.13 Å². The fraction of sp³-hybridized carbons (Fsp3) is 0.143. The largest absolute Gasteiger partial charge is 0.496 e. The van der Waals surface area contributed by atoms with E-state index in [0.29, 0.717) is 6.54 Å². The fourth-order valence-corrected chi connectivity index (χ4v) is 1.91. The summed E-state index contributed by atoms with van der Waals surface area (Å²) in [5.41, 5.74) is 8.17. The van der Waals surface area contributed by atoms with Crippen LogP contribution in [0.1, 0.15) is 5.56 Å². The van der Waals surface area contributed by atoms with Crippen molar-refractivity contribution in [2.24, 2.45) is 5.73 Å².